The molecule has 1 aromatic rings. The number of hydrogen-bond donors (Lipinski definition) is 2. The third-order valence-electron chi connectivity index (χ3n) is 4.09. The third-order valence-corrected chi connectivity index (χ3v) is 4.09. The average molecular weight is 308 g/mol. The first-order chi connectivity index (χ1) is 9.59. The van der Waals surface area contributed by atoms with E-state index in [-0.39, 0.29) is 6.04 Å². The van der Waals surface area contributed by atoms with E-state index < -0.39 is 52.0 Å². The van der Waals surface area contributed by atoms with Crippen LogP contribution >= 0.6 is 0 Å². The fraction of sp³-hybridized carbons (Fsp3) is 0.462. The first-order valence-electron chi connectivity index (χ1n) is 6.16. The van der Waals surface area contributed by atoms with E-state index in [0.29, 0.717) is 6.42 Å². The number of nitrogens with one attached hydrogen (secondary N) is 1. The molecule has 0 aromatic heterocycles. The molecule has 0 aliphatic heterocycles. The highest BCUT2D eigenvalue weighted by molar-refractivity contribution is 5.95. The summed E-state index contributed by atoms with van der Waals surface area (Å²) >= 11 is 0. The number of benzene rings is 1. The molecule has 8 heteroatoms. The number of halogens is 5. The van der Waals surface area contributed by atoms with Crippen LogP contribution in [0.5, 0.6) is 0 Å². The van der Waals surface area contributed by atoms with Crippen molar-refractivity contribution in [2.75, 3.05) is 0 Å². The van der Waals surface area contributed by atoms with Crippen LogP contribution in [0.4, 0.5) is 22.0 Å². The third kappa shape index (κ3) is 2.27. The smallest absolute Gasteiger partial charge is 0.257 e. The number of hydrogen-bond acceptors (Lipinski definition) is 2. The van der Waals surface area contributed by atoms with Crippen LogP contribution in [0.3, 0.4) is 0 Å². The van der Waals surface area contributed by atoms with Crippen LogP contribution in [0.1, 0.15) is 30.6 Å². The molecule has 3 nitrogen and oxygen atoms in total. The topological polar surface area (TPSA) is 55.1 Å². The number of carbonyl (C=O) groups excluding carboxylic acids is 1. The van der Waals surface area contributed by atoms with Gasteiger partial charge in [-0.2, -0.15) is 0 Å². The second-order valence-electron chi connectivity index (χ2n) is 5.63. The molecule has 1 saturated carbocycles. The summed E-state index contributed by atoms with van der Waals surface area (Å²) in [7, 11) is 0. The Hall–Kier alpha value is -1.70. The highest BCUT2D eigenvalue weighted by Crippen LogP contribution is 2.39. The Bertz CT molecular complexity index is 588. The lowest BCUT2D eigenvalue weighted by Gasteiger charge is -2.50. The lowest BCUT2D eigenvalue weighted by Crippen LogP contribution is -2.64. The Morgan fingerprint density at radius 1 is 1.05 bits per heavy atom. The monoisotopic (exact) mass is 308 g/mol. The van der Waals surface area contributed by atoms with Crippen LogP contribution in [-0.2, 0) is 0 Å². The summed E-state index contributed by atoms with van der Waals surface area (Å²) in [5.41, 5.74) is 3.71. The molecule has 1 aliphatic rings. The summed E-state index contributed by atoms with van der Waals surface area (Å²) in [5.74, 6) is -12.2. The lowest BCUT2D eigenvalue weighted by molar-refractivity contribution is 0.0579. The van der Waals surface area contributed by atoms with E-state index in [1.165, 1.54) is 0 Å². The van der Waals surface area contributed by atoms with E-state index in [1.54, 1.807) is 13.8 Å². The van der Waals surface area contributed by atoms with E-state index in [1.807, 2.05) is 0 Å². The van der Waals surface area contributed by atoms with Gasteiger partial charge in [0.05, 0.1) is 0 Å². The van der Waals surface area contributed by atoms with Gasteiger partial charge in [0, 0.05) is 17.5 Å². The summed E-state index contributed by atoms with van der Waals surface area (Å²) in [6.45, 7) is 3.45. The van der Waals surface area contributed by atoms with Crippen LogP contribution < -0.4 is 11.1 Å². The molecular formula is C13H13F5N2O. The van der Waals surface area contributed by atoms with E-state index in [0.717, 1.165) is 0 Å². The van der Waals surface area contributed by atoms with Crippen LogP contribution in [0.2, 0.25) is 0 Å². The maximum absolute atomic E-state index is 13.5. The van der Waals surface area contributed by atoms with E-state index in [4.69, 9.17) is 5.73 Å². The molecule has 1 fully saturated rings. The Morgan fingerprint density at radius 3 is 1.86 bits per heavy atom. The predicted molar refractivity (Wildman–Crippen MR) is 63.9 cm³/mol. The maximum atomic E-state index is 13.5. The van der Waals surface area contributed by atoms with Gasteiger partial charge < -0.3 is 11.1 Å². The summed E-state index contributed by atoms with van der Waals surface area (Å²) in [4.78, 5) is 11.8. The second kappa shape index (κ2) is 4.94. The van der Waals surface area contributed by atoms with Crippen LogP contribution in [0.25, 0.3) is 0 Å². The fourth-order valence-corrected chi connectivity index (χ4v) is 2.24. The number of nitrogens with two attached hydrogens (primary N) is 1. The van der Waals surface area contributed by atoms with Crippen molar-refractivity contribution in [3.8, 4) is 0 Å². The number of amides is 1. The quantitative estimate of drug-likeness (QED) is 0.500. The Balaban J connectivity index is 2.33. The van der Waals surface area contributed by atoms with Gasteiger partial charge in [0.15, 0.2) is 23.3 Å². The van der Waals surface area contributed by atoms with Crippen LogP contribution in [0.15, 0.2) is 0 Å². The first kappa shape index (κ1) is 15.7. The van der Waals surface area contributed by atoms with Gasteiger partial charge in [-0.1, -0.05) is 13.8 Å². The van der Waals surface area contributed by atoms with Crippen molar-refractivity contribution in [1.29, 1.82) is 0 Å². The average Bonchev–Trinajstić information content (AvgIpc) is 2.43. The van der Waals surface area contributed by atoms with Crippen LogP contribution in [-0.4, -0.2) is 18.0 Å². The standard InChI is InChI=1S/C13H13F5N2O/c1-13(2)4(19)3-5(13)20-12(21)6-7(14)9(16)11(18)10(17)8(6)15/h4-5H,3,19H2,1-2H3,(H,20,21). The Kier molecular flexibility index (Phi) is 3.69. The molecule has 0 spiro atoms. The molecule has 1 aliphatic carbocycles. The van der Waals surface area contributed by atoms with Crippen molar-refractivity contribution < 1.29 is 26.7 Å². The molecular weight excluding hydrogens is 295 g/mol. The zero-order chi connectivity index (χ0) is 16.1. The van der Waals surface area contributed by atoms with E-state index in [2.05, 4.69) is 5.32 Å². The van der Waals surface area contributed by atoms with Gasteiger partial charge in [-0.3, -0.25) is 4.79 Å². The molecule has 2 unspecified atom stereocenters. The summed E-state index contributed by atoms with van der Waals surface area (Å²) < 4.78 is 66.0. The second-order valence-corrected chi connectivity index (χ2v) is 5.63. The van der Waals surface area contributed by atoms with E-state index in [9.17, 15) is 26.7 Å². The predicted octanol–water partition coefficient (Wildman–Crippen LogP) is 2.24. The largest absolute Gasteiger partial charge is 0.348 e. The molecule has 21 heavy (non-hydrogen) atoms. The van der Waals surface area contributed by atoms with Gasteiger partial charge in [0.25, 0.3) is 5.91 Å². The normalized spacial score (nSPS) is 23.6. The zero-order valence-corrected chi connectivity index (χ0v) is 11.2. The number of carbonyl (C=O) groups is 1. The van der Waals surface area contributed by atoms with Crippen molar-refractivity contribution >= 4 is 5.91 Å². The summed E-state index contributed by atoms with van der Waals surface area (Å²) in [5, 5.41) is 2.25. The minimum atomic E-state index is -2.30. The minimum absolute atomic E-state index is 0.223. The SMILES string of the molecule is CC1(C)C(N)CC1NC(=O)c1c(F)c(F)c(F)c(F)c1F. The molecule has 0 radical (unpaired) electrons. The van der Waals surface area contributed by atoms with Gasteiger partial charge in [0.2, 0.25) is 5.82 Å². The molecule has 1 amide bonds. The van der Waals surface area contributed by atoms with Gasteiger partial charge in [-0.15, -0.1) is 0 Å². The van der Waals surface area contributed by atoms with E-state index >= 15 is 0 Å². The molecule has 2 atom stereocenters. The van der Waals surface area contributed by atoms with Crippen LogP contribution in [0, 0.1) is 34.5 Å². The molecule has 1 aromatic carbocycles. The summed E-state index contributed by atoms with van der Waals surface area (Å²) in [6, 6.07) is -0.728. The lowest BCUT2D eigenvalue weighted by atomic mass is 9.63. The Morgan fingerprint density at radius 2 is 1.48 bits per heavy atom. The first-order valence-corrected chi connectivity index (χ1v) is 6.16. The van der Waals surface area contributed by atoms with Crippen molar-refractivity contribution in [3.63, 3.8) is 0 Å². The highest BCUT2D eigenvalue weighted by Gasteiger charge is 2.47. The van der Waals surface area contributed by atoms with Crippen molar-refractivity contribution in [1.82, 2.24) is 5.32 Å². The minimum Gasteiger partial charge on any atom is -0.348 e. The molecule has 2 rings (SSSR count). The summed E-state index contributed by atoms with van der Waals surface area (Å²) in [6.07, 6.45) is 0.355. The van der Waals surface area contributed by atoms with Crippen molar-refractivity contribution in [2.24, 2.45) is 11.1 Å². The molecule has 116 valence electrons. The molecule has 3 N–H and O–H groups in total. The highest BCUT2D eigenvalue weighted by atomic mass is 19.2. The molecule has 0 heterocycles. The molecule has 0 bridgehead atoms. The van der Waals surface area contributed by atoms with Gasteiger partial charge in [0.1, 0.15) is 5.56 Å². The maximum Gasteiger partial charge on any atom is 0.257 e. The number of rotatable bonds is 2. The molecule has 0 saturated heterocycles. The Labute approximate surface area is 117 Å². The zero-order valence-electron chi connectivity index (χ0n) is 11.2. The van der Waals surface area contributed by atoms with Crippen molar-refractivity contribution in [2.45, 2.75) is 32.4 Å². The van der Waals surface area contributed by atoms with Crippen molar-refractivity contribution in [3.05, 3.63) is 34.6 Å². The van der Waals surface area contributed by atoms with Gasteiger partial charge in [-0.25, -0.2) is 22.0 Å². The fourth-order valence-electron chi connectivity index (χ4n) is 2.24. The van der Waals surface area contributed by atoms with Gasteiger partial charge >= 0.3 is 0 Å². The van der Waals surface area contributed by atoms with Gasteiger partial charge in [-0.05, 0) is 6.42 Å².